The molecule has 0 aromatic heterocycles. The minimum Gasteiger partial charge on any atom is -0.497 e. The van der Waals surface area contributed by atoms with Gasteiger partial charge in [-0.1, -0.05) is 25.0 Å². The first-order chi connectivity index (χ1) is 11.3. The molecule has 0 spiro atoms. The van der Waals surface area contributed by atoms with Crippen LogP contribution in [0, 0.1) is 0 Å². The predicted octanol–water partition coefficient (Wildman–Crippen LogP) is 2.71. The van der Waals surface area contributed by atoms with E-state index in [2.05, 4.69) is 15.6 Å². The van der Waals surface area contributed by atoms with Crippen molar-refractivity contribution >= 4 is 5.96 Å². The molecule has 0 saturated heterocycles. The van der Waals surface area contributed by atoms with Crippen molar-refractivity contribution < 1.29 is 9.47 Å². The maximum Gasteiger partial charge on any atom is 0.191 e. The van der Waals surface area contributed by atoms with E-state index in [-0.39, 0.29) is 0 Å². The zero-order valence-electron chi connectivity index (χ0n) is 14.3. The summed E-state index contributed by atoms with van der Waals surface area (Å²) in [5.74, 6) is 1.78. The Labute approximate surface area is 139 Å². The van der Waals surface area contributed by atoms with Crippen molar-refractivity contribution in [3.05, 3.63) is 29.8 Å². The second-order valence-corrected chi connectivity index (χ2v) is 5.88. The molecule has 0 unspecified atom stereocenters. The molecule has 1 aliphatic rings. The zero-order valence-corrected chi connectivity index (χ0v) is 14.3. The number of ether oxygens (including phenoxy) is 2. The Morgan fingerprint density at radius 1 is 1.22 bits per heavy atom. The highest BCUT2D eigenvalue weighted by Gasteiger charge is 2.15. The fraction of sp³-hybridized carbons (Fsp3) is 0.611. The highest BCUT2D eigenvalue weighted by Crippen LogP contribution is 2.17. The van der Waals surface area contributed by atoms with E-state index >= 15 is 0 Å². The lowest BCUT2D eigenvalue weighted by Gasteiger charge is -2.16. The number of guanidine groups is 1. The van der Waals surface area contributed by atoms with Gasteiger partial charge in [-0.15, -0.1) is 0 Å². The lowest BCUT2D eigenvalue weighted by molar-refractivity contribution is 0.119. The molecule has 5 nitrogen and oxygen atoms in total. The van der Waals surface area contributed by atoms with Crippen LogP contribution in [-0.2, 0) is 11.3 Å². The summed E-state index contributed by atoms with van der Waals surface area (Å²) in [6.07, 6.45) is 6.13. The summed E-state index contributed by atoms with van der Waals surface area (Å²) < 4.78 is 10.8. The Kier molecular flexibility index (Phi) is 7.73. The molecule has 1 saturated carbocycles. The van der Waals surface area contributed by atoms with E-state index in [0.29, 0.717) is 12.6 Å². The SMILES string of the molecule is CN=C(NCCCOCc1ccc(OC)cc1)NC1CCCC1. The number of hydrogen-bond donors (Lipinski definition) is 2. The molecule has 1 aromatic rings. The second kappa shape index (κ2) is 10.1. The first-order valence-corrected chi connectivity index (χ1v) is 8.49. The fourth-order valence-electron chi connectivity index (χ4n) is 2.75. The normalized spacial score (nSPS) is 15.7. The van der Waals surface area contributed by atoms with E-state index in [1.54, 1.807) is 7.11 Å². The highest BCUT2D eigenvalue weighted by molar-refractivity contribution is 5.79. The molecule has 23 heavy (non-hydrogen) atoms. The molecule has 0 heterocycles. The van der Waals surface area contributed by atoms with Crippen LogP contribution >= 0.6 is 0 Å². The Morgan fingerprint density at radius 2 is 1.96 bits per heavy atom. The standard InChI is InChI=1S/C18H29N3O2/c1-19-18(21-16-6-3-4-7-16)20-12-5-13-23-14-15-8-10-17(22-2)11-9-15/h8-11,16H,3-7,12-14H2,1-2H3,(H2,19,20,21). The minimum atomic E-state index is 0.590. The van der Waals surface area contributed by atoms with Crippen LogP contribution < -0.4 is 15.4 Å². The molecule has 5 heteroatoms. The van der Waals surface area contributed by atoms with Crippen LogP contribution in [-0.4, -0.2) is 39.3 Å². The van der Waals surface area contributed by atoms with Gasteiger partial charge in [0.2, 0.25) is 0 Å². The van der Waals surface area contributed by atoms with Crippen LogP contribution in [0.4, 0.5) is 0 Å². The van der Waals surface area contributed by atoms with Crippen molar-refractivity contribution in [1.29, 1.82) is 0 Å². The van der Waals surface area contributed by atoms with Crippen molar-refractivity contribution in [1.82, 2.24) is 10.6 Å². The van der Waals surface area contributed by atoms with Gasteiger partial charge < -0.3 is 20.1 Å². The average molecular weight is 319 g/mol. The van der Waals surface area contributed by atoms with Gasteiger partial charge in [0.1, 0.15) is 5.75 Å². The Morgan fingerprint density at radius 3 is 2.61 bits per heavy atom. The fourth-order valence-corrected chi connectivity index (χ4v) is 2.75. The number of nitrogens with one attached hydrogen (secondary N) is 2. The summed E-state index contributed by atoms with van der Waals surface area (Å²) in [6.45, 7) is 2.24. The van der Waals surface area contributed by atoms with Crippen molar-refractivity contribution in [2.45, 2.75) is 44.8 Å². The molecule has 0 aliphatic heterocycles. The van der Waals surface area contributed by atoms with Gasteiger partial charge in [-0.25, -0.2) is 0 Å². The van der Waals surface area contributed by atoms with Gasteiger partial charge in [-0.2, -0.15) is 0 Å². The monoisotopic (exact) mass is 319 g/mol. The molecule has 128 valence electrons. The lowest BCUT2D eigenvalue weighted by Crippen LogP contribution is -2.42. The minimum absolute atomic E-state index is 0.590. The van der Waals surface area contributed by atoms with Gasteiger partial charge in [0.15, 0.2) is 5.96 Å². The number of rotatable bonds is 8. The third kappa shape index (κ3) is 6.48. The summed E-state index contributed by atoms with van der Waals surface area (Å²) in [5, 5.41) is 6.83. The smallest absolute Gasteiger partial charge is 0.191 e. The van der Waals surface area contributed by atoms with Crippen LogP contribution in [0.5, 0.6) is 5.75 Å². The van der Waals surface area contributed by atoms with Crippen molar-refractivity contribution in [2.24, 2.45) is 4.99 Å². The van der Waals surface area contributed by atoms with E-state index in [9.17, 15) is 0 Å². The van der Waals surface area contributed by atoms with Crippen LogP contribution in [0.2, 0.25) is 0 Å². The zero-order chi connectivity index (χ0) is 16.3. The van der Waals surface area contributed by atoms with Crippen molar-refractivity contribution in [2.75, 3.05) is 27.3 Å². The largest absolute Gasteiger partial charge is 0.497 e. The van der Waals surface area contributed by atoms with Gasteiger partial charge in [0.05, 0.1) is 13.7 Å². The first-order valence-electron chi connectivity index (χ1n) is 8.49. The molecular weight excluding hydrogens is 290 g/mol. The van der Waals surface area contributed by atoms with E-state index in [1.165, 1.54) is 25.7 Å². The number of methoxy groups -OCH3 is 1. The maximum absolute atomic E-state index is 5.70. The summed E-state index contributed by atoms with van der Waals surface area (Å²) in [5.41, 5.74) is 1.16. The van der Waals surface area contributed by atoms with Crippen LogP contribution in [0.25, 0.3) is 0 Å². The van der Waals surface area contributed by atoms with Gasteiger partial charge in [-0.3, -0.25) is 4.99 Å². The van der Waals surface area contributed by atoms with Gasteiger partial charge in [0, 0.05) is 26.2 Å². The highest BCUT2D eigenvalue weighted by atomic mass is 16.5. The van der Waals surface area contributed by atoms with E-state index in [4.69, 9.17) is 9.47 Å². The molecule has 1 aliphatic carbocycles. The van der Waals surface area contributed by atoms with Crippen molar-refractivity contribution in [3.8, 4) is 5.75 Å². The Hall–Kier alpha value is -1.75. The number of nitrogens with zero attached hydrogens (tertiary/aromatic N) is 1. The van der Waals surface area contributed by atoms with Crippen LogP contribution in [0.3, 0.4) is 0 Å². The molecular formula is C18H29N3O2. The number of aliphatic imine (C=N–C) groups is 1. The van der Waals surface area contributed by atoms with Crippen LogP contribution in [0.1, 0.15) is 37.7 Å². The molecule has 0 atom stereocenters. The number of benzene rings is 1. The van der Waals surface area contributed by atoms with Crippen LogP contribution in [0.15, 0.2) is 29.3 Å². The molecule has 1 fully saturated rings. The van der Waals surface area contributed by atoms with Gasteiger partial charge in [0.25, 0.3) is 0 Å². The molecule has 0 radical (unpaired) electrons. The van der Waals surface area contributed by atoms with E-state index in [0.717, 1.165) is 36.8 Å². The average Bonchev–Trinajstić information content (AvgIpc) is 3.10. The Balaban J connectivity index is 1.54. The molecule has 0 bridgehead atoms. The third-order valence-corrected chi connectivity index (χ3v) is 4.11. The topological polar surface area (TPSA) is 54.9 Å². The maximum atomic E-state index is 5.70. The molecule has 1 aromatic carbocycles. The van der Waals surface area contributed by atoms with E-state index in [1.807, 2.05) is 31.3 Å². The third-order valence-electron chi connectivity index (χ3n) is 4.11. The molecule has 2 rings (SSSR count). The van der Waals surface area contributed by atoms with Gasteiger partial charge >= 0.3 is 0 Å². The summed E-state index contributed by atoms with van der Waals surface area (Å²) >= 11 is 0. The molecule has 2 N–H and O–H groups in total. The lowest BCUT2D eigenvalue weighted by atomic mass is 10.2. The van der Waals surface area contributed by atoms with Crippen molar-refractivity contribution in [3.63, 3.8) is 0 Å². The van der Waals surface area contributed by atoms with E-state index < -0.39 is 0 Å². The number of hydrogen-bond acceptors (Lipinski definition) is 3. The summed E-state index contributed by atoms with van der Waals surface area (Å²) in [6, 6.07) is 8.57. The summed E-state index contributed by atoms with van der Waals surface area (Å²) in [7, 11) is 3.50. The molecule has 0 amide bonds. The summed E-state index contributed by atoms with van der Waals surface area (Å²) in [4.78, 5) is 4.27. The first kappa shape index (κ1) is 17.6. The quantitative estimate of drug-likeness (QED) is 0.439. The van der Waals surface area contributed by atoms with Gasteiger partial charge in [-0.05, 0) is 37.0 Å². The second-order valence-electron chi connectivity index (χ2n) is 5.88. The predicted molar refractivity (Wildman–Crippen MR) is 94.0 cm³/mol. The Bertz CT molecular complexity index is 468.